The van der Waals surface area contributed by atoms with Crippen molar-refractivity contribution in [3.05, 3.63) is 59.9 Å². The highest BCUT2D eigenvalue weighted by atomic mass is 16.7. The number of nitrogens with one attached hydrogen (secondary N) is 2. The fraction of sp³-hybridized carbons (Fsp3) is 0.143. The van der Waals surface area contributed by atoms with E-state index < -0.39 is 5.91 Å². The first-order chi connectivity index (χ1) is 14.5. The van der Waals surface area contributed by atoms with E-state index in [0.717, 1.165) is 5.56 Å². The molecule has 2 amide bonds. The van der Waals surface area contributed by atoms with Crippen LogP contribution in [0.15, 0.2) is 48.7 Å². The molecule has 0 saturated carbocycles. The van der Waals surface area contributed by atoms with E-state index in [1.165, 1.54) is 13.2 Å². The lowest BCUT2D eigenvalue weighted by molar-refractivity contribution is -0.115. The highest BCUT2D eigenvalue weighted by Crippen LogP contribution is 2.32. The zero-order valence-corrected chi connectivity index (χ0v) is 16.1. The van der Waals surface area contributed by atoms with Gasteiger partial charge in [-0.3, -0.25) is 9.59 Å². The Hall–Kier alpha value is -4.14. The molecule has 2 aromatic carbocycles. The van der Waals surface area contributed by atoms with Gasteiger partial charge in [-0.05, 0) is 29.8 Å². The molecule has 1 aliphatic heterocycles. The Balaban J connectivity index is 1.50. The Labute approximate surface area is 172 Å². The molecule has 9 heteroatoms. The molecule has 0 spiro atoms. The Bertz CT molecular complexity index is 1130. The van der Waals surface area contributed by atoms with Gasteiger partial charge in [-0.15, -0.1) is 0 Å². The zero-order chi connectivity index (χ0) is 21.1. The summed E-state index contributed by atoms with van der Waals surface area (Å²) in [6.07, 6.45) is 1.67. The van der Waals surface area contributed by atoms with Gasteiger partial charge in [-0.1, -0.05) is 18.2 Å². The molecule has 0 fully saturated rings. The number of aromatic nitrogens is 2. The number of carbonyl (C=O) groups excluding carboxylic acids is 2. The number of benzene rings is 2. The number of fused-ring (bicyclic) bond motifs is 1. The maximum absolute atomic E-state index is 12.5. The van der Waals surface area contributed by atoms with Gasteiger partial charge in [0.2, 0.25) is 12.7 Å². The highest BCUT2D eigenvalue weighted by Gasteiger charge is 2.16. The van der Waals surface area contributed by atoms with Crippen molar-refractivity contribution in [3.8, 4) is 22.8 Å². The quantitative estimate of drug-likeness (QED) is 0.592. The van der Waals surface area contributed by atoms with Crippen molar-refractivity contribution in [1.82, 2.24) is 15.3 Å². The van der Waals surface area contributed by atoms with E-state index in [4.69, 9.17) is 15.2 Å². The van der Waals surface area contributed by atoms with Crippen LogP contribution in [0.5, 0.6) is 11.5 Å². The van der Waals surface area contributed by atoms with Crippen molar-refractivity contribution in [2.24, 2.45) is 0 Å². The molecule has 1 aromatic heterocycles. The predicted octanol–water partition coefficient (Wildman–Crippen LogP) is 2.00. The maximum atomic E-state index is 12.5. The monoisotopic (exact) mass is 405 g/mol. The molecule has 4 N–H and O–H groups in total. The molecule has 0 unspecified atom stereocenters. The lowest BCUT2D eigenvalue weighted by Crippen LogP contribution is -2.21. The van der Waals surface area contributed by atoms with Crippen molar-refractivity contribution in [2.75, 3.05) is 24.9 Å². The van der Waals surface area contributed by atoms with E-state index in [1.54, 1.807) is 36.4 Å². The van der Waals surface area contributed by atoms with Crippen LogP contribution >= 0.6 is 0 Å². The van der Waals surface area contributed by atoms with Gasteiger partial charge in [0.15, 0.2) is 23.0 Å². The number of hydrogen-bond donors (Lipinski definition) is 3. The molecule has 4 rings (SSSR count). The van der Waals surface area contributed by atoms with Gasteiger partial charge < -0.3 is 25.8 Å². The van der Waals surface area contributed by atoms with Crippen LogP contribution in [0.2, 0.25) is 0 Å². The second-order valence-electron chi connectivity index (χ2n) is 6.56. The molecular weight excluding hydrogens is 386 g/mol. The molecule has 2 heterocycles. The van der Waals surface area contributed by atoms with Gasteiger partial charge in [-0.2, -0.15) is 0 Å². The topological polar surface area (TPSA) is 128 Å². The van der Waals surface area contributed by atoms with E-state index in [9.17, 15) is 9.59 Å². The van der Waals surface area contributed by atoms with Gasteiger partial charge in [0, 0.05) is 18.3 Å². The zero-order valence-electron chi connectivity index (χ0n) is 16.1. The molecule has 9 nitrogen and oxygen atoms in total. The number of anilines is 2. The minimum Gasteiger partial charge on any atom is -0.454 e. The summed E-state index contributed by atoms with van der Waals surface area (Å²) >= 11 is 0. The third-order valence-electron chi connectivity index (χ3n) is 4.49. The maximum Gasteiger partial charge on any atom is 0.273 e. The first-order valence-electron chi connectivity index (χ1n) is 9.17. The van der Waals surface area contributed by atoms with Gasteiger partial charge in [0.25, 0.3) is 5.91 Å². The summed E-state index contributed by atoms with van der Waals surface area (Å²) < 4.78 is 10.6. The lowest BCUT2D eigenvalue weighted by atomic mass is 10.1. The normalized spacial score (nSPS) is 11.8. The van der Waals surface area contributed by atoms with Gasteiger partial charge in [-0.25, -0.2) is 9.97 Å². The number of hydrogen-bond acceptors (Lipinski definition) is 7. The van der Waals surface area contributed by atoms with E-state index in [2.05, 4.69) is 20.6 Å². The Morgan fingerprint density at radius 1 is 1.13 bits per heavy atom. The fourth-order valence-corrected chi connectivity index (χ4v) is 3.02. The van der Waals surface area contributed by atoms with E-state index in [0.29, 0.717) is 28.4 Å². The molecule has 30 heavy (non-hydrogen) atoms. The molecular formula is C21H19N5O4. The summed E-state index contributed by atoms with van der Waals surface area (Å²) in [4.78, 5) is 32.7. The molecule has 0 atom stereocenters. The summed E-state index contributed by atoms with van der Waals surface area (Å²) in [5, 5.41) is 5.35. The average molecular weight is 405 g/mol. The van der Waals surface area contributed by atoms with Crippen molar-refractivity contribution >= 4 is 23.3 Å². The van der Waals surface area contributed by atoms with Crippen LogP contribution in [-0.2, 0) is 11.2 Å². The minimum atomic E-state index is -0.421. The molecule has 152 valence electrons. The third kappa shape index (κ3) is 4.00. The van der Waals surface area contributed by atoms with E-state index in [1.807, 2.05) is 6.07 Å². The van der Waals surface area contributed by atoms with Crippen molar-refractivity contribution < 1.29 is 19.1 Å². The smallest absolute Gasteiger partial charge is 0.273 e. The minimum absolute atomic E-state index is 0.0475. The summed E-state index contributed by atoms with van der Waals surface area (Å²) in [5.41, 5.74) is 8.35. The summed E-state index contributed by atoms with van der Waals surface area (Å²) in [7, 11) is 1.49. The van der Waals surface area contributed by atoms with Crippen LogP contribution in [0.1, 0.15) is 16.1 Å². The predicted molar refractivity (Wildman–Crippen MR) is 110 cm³/mol. The molecule has 0 bridgehead atoms. The fourth-order valence-electron chi connectivity index (χ4n) is 3.02. The van der Waals surface area contributed by atoms with Gasteiger partial charge >= 0.3 is 0 Å². The Kier molecular flexibility index (Phi) is 5.17. The van der Waals surface area contributed by atoms with Crippen molar-refractivity contribution in [3.63, 3.8) is 0 Å². The number of amides is 2. The summed E-state index contributed by atoms with van der Waals surface area (Å²) in [6.45, 7) is 0.188. The highest BCUT2D eigenvalue weighted by molar-refractivity contribution is 5.96. The molecule has 3 aromatic rings. The molecule has 0 radical (unpaired) electrons. The number of nitrogen functional groups attached to an aromatic ring is 1. The number of rotatable bonds is 5. The number of nitrogens with zero attached hydrogens (tertiary/aromatic N) is 2. The van der Waals surface area contributed by atoms with Gasteiger partial charge in [0.05, 0.1) is 18.3 Å². The average Bonchev–Trinajstić information content (AvgIpc) is 3.21. The van der Waals surface area contributed by atoms with Crippen LogP contribution < -0.4 is 25.8 Å². The number of carbonyl (C=O) groups is 2. The SMILES string of the molecule is CNC(=O)c1nc(-c2cccc(NC(=O)Cc3ccc4c(c3)OCO4)c2)cnc1N. The third-order valence-corrected chi connectivity index (χ3v) is 4.49. The largest absolute Gasteiger partial charge is 0.454 e. The second kappa shape index (κ2) is 8.08. The standard InChI is InChI=1S/C21H19N5O4/c1-23-21(28)19-20(22)24-10-15(26-19)13-3-2-4-14(9-13)25-18(27)8-12-5-6-16-17(7-12)30-11-29-16/h2-7,9-10H,8,11H2,1H3,(H2,22,24)(H,23,28)(H,25,27). The first kappa shape index (κ1) is 19.2. The summed E-state index contributed by atoms with van der Waals surface area (Å²) in [5.74, 6) is 0.755. The Morgan fingerprint density at radius 3 is 2.80 bits per heavy atom. The van der Waals surface area contributed by atoms with Crippen LogP contribution in [-0.4, -0.2) is 35.6 Å². The van der Waals surface area contributed by atoms with Crippen LogP contribution in [0.4, 0.5) is 11.5 Å². The molecule has 1 aliphatic rings. The van der Waals surface area contributed by atoms with Crippen molar-refractivity contribution in [2.45, 2.75) is 6.42 Å². The summed E-state index contributed by atoms with van der Waals surface area (Å²) in [6, 6.07) is 12.5. The van der Waals surface area contributed by atoms with Crippen molar-refractivity contribution in [1.29, 1.82) is 0 Å². The van der Waals surface area contributed by atoms with E-state index >= 15 is 0 Å². The number of nitrogens with two attached hydrogens (primary N) is 1. The molecule has 0 aliphatic carbocycles. The second-order valence-corrected chi connectivity index (χ2v) is 6.56. The van der Waals surface area contributed by atoms with Crippen LogP contribution in [0.3, 0.4) is 0 Å². The van der Waals surface area contributed by atoms with Crippen LogP contribution in [0.25, 0.3) is 11.3 Å². The molecule has 0 saturated heterocycles. The van der Waals surface area contributed by atoms with Gasteiger partial charge in [0.1, 0.15) is 0 Å². The van der Waals surface area contributed by atoms with Crippen LogP contribution in [0, 0.1) is 0 Å². The van der Waals surface area contributed by atoms with E-state index in [-0.39, 0.29) is 30.6 Å². The lowest BCUT2D eigenvalue weighted by Gasteiger charge is -2.09. The number of ether oxygens (including phenoxy) is 2. The first-order valence-corrected chi connectivity index (χ1v) is 9.17. The Morgan fingerprint density at radius 2 is 1.97 bits per heavy atom.